The molecular formula is C18H34N4O5. The Labute approximate surface area is 161 Å². The molecule has 1 aliphatic carbocycles. The van der Waals surface area contributed by atoms with Gasteiger partial charge < -0.3 is 24.3 Å². The van der Waals surface area contributed by atoms with Crippen LogP contribution in [0.2, 0.25) is 0 Å². The van der Waals surface area contributed by atoms with Crippen molar-refractivity contribution in [1.82, 2.24) is 5.32 Å². The zero-order chi connectivity index (χ0) is 20.0. The van der Waals surface area contributed by atoms with Crippen molar-refractivity contribution in [2.75, 3.05) is 46.2 Å². The van der Waals surface area contributed by atoms with Crippen LogP contribution in [-0.2, 0) is 18.9 Å². The molecule has 1 fully saturated rings. The first-order valence-electron chi connectivity index (χ1n) is 9.64. The average molecular weight is 386 g/mol. The highest BCUT2D eigenvalue weighted by atomic mass is 16.6. The number of carbonyl (C=O) groups excluding carboxylic acids is 1. The lowest BCUT2D eigenvalue weighted by Crippen LogP contribution is -2.41. The van der Waals surface area contributed by atoms with Gasteiger partial charge in [-0.25, -0.2) is 4.79 Å². The van der Waals surface area contributed by atoms with Gasteiger partial charge in [-0.3, -0.25) is 0 Å². The van der Waals surface area contributed by atoms with Gasteiger partial charge in [0.15, 0.2) is 0 Å². The minimum atomic E-state index is -0.463. The maximum atomic E-state index is 11.8. The number of amides is 1. The first-order chi connectivity index (χ1) is 12.9. The number of nitrogens with zero attached hydrogens (tertiary/aromatic N) is 3. The van der Waals surface area contributed by atoms with Crippen LogP contribution in [0.5, 0.6) is 0 Å². The van der Waals surface area contributed by atoms with E-state index in [0.29, 0.717) is 45.5 Å². The lowest BCUT2D eigenvalue weighted by molar-refractivity contribution is 0.00437. The van der Waals surface area contributed by atoms with Gasteiger partial charge in [-0.1, -0.05) is 5.11 Å². The molecule has 1 N–H and O–H groups in total. The van der Waals surface area contributed by atoms with Crippen molar-refractivity contribution in [3.8, 4) is 0 Å². The zero-order valence-electron chi connectivity index (χ0n) is 16.8. The maximum absolute atomic E-state index is 11.8. The second-order valence-corrected chi connectivity index (χ2v) is 7.62. The van der Waals surface area contributed by atoms with Gasteiger partial charge in [0.25, 0.3) is 0 Å². The Bertz CT molecular complexity index is 455. The van der Waals surface area contributed by atoms with Gasteiger partial charge in [0.2, 0.25) is 0 Å². The highest BCUT2D eigenvalue weighted by molar-refractivity contribution is 5.68. The number of alkyl carbamates (subject to hydrolysis) is 1. The largest absolute Gasteiger partial charge is 0.444 e. The van der Waals surface area contributed by atoms with Crippen LogP contribution in [-0.4, -0.2) is 63.9 Å². The summed E-state index contributed by atoms with van der Waals surface area (Å²) < 4.78 is 21.6. The molecule has 1 saturated carbocycles. The highest BCUT2D eigenvalue weighted by Gasteiger charge is 2.24. The van der Waals surface area contributed by atoms with Crippen molar-refractivity contribution in [1.29, 1.82) is 0 Å². The first-order valence-corrected chi connectivity index (χ1v) is 9.64. The van der Waals surface area contributed by atoms with Crippen molar-refractivity contribution >= 4 is 6.09 Å². The Morgan fingerprint density at radius 3 is 2.22 bits per heavy atom. The van der Waals surface area contributed by atoms with Gasteiger partial charge in [0, 0.05) is 24.1 Å². The van der Waals surface area contributed by atoms with Crippen LogP contribution in [0.3, 0.4) is 0 Å². The molecule has 0 heterocycles. The Hall–Kier alpha value is -1.54. The van der Waals surface area contributed by atoms with Gasteiger partial charge in [-0.15, -0.1) is 0 Å². The smallest absolute Gasteiger partial charge is 0.407 e. The summed E-state index contributed by atoms with van der Waals surface area (Å²) in [6, 6.07) is 0.193. The highest BCUT2D eigenvalue weighted by Crippen LogP contribution is 2.24. The molecule has 156 valence electrons. The Morgan fingerprint density at radius 1 is 1.04 bits per heavy atom. The van der Waals surface area contributed by atoms with Crippen LogP contribution < -0.4 is 5.32 Å². The van der Waals surface area contributed by atoms with Crippen molar-refractivity contribution in [3.63, 3.8) is 0 Å². The molecule has 0 unspecified atom stereocenters. The lowest BCUT2D eigenvalue weighted by Gasteiger charge is -2.30. The summed E-state index contributed by atoms with van der Waals surface area (Å²) in [7, 11) is 0. The lowest BCUT2D eigenvalue weighted by atomic mass is 9.86. The third kappa shape index (κ3) is 13.3. The van der Waals surface area contributed by atoms with Gasteiger partial charge in [0.05, 0.1) is 33.0 Å². The summed E-state index contributed by atoms with van der Waals surface area (Å²) in [4.78, 5) is 14.4. The van der Waals surface area contributed by atoms with E-state index in [1.165, 1.54) is 0 Å². The monoisotopic (exact) mass is 386 g/mol. The molecule has 0 aliphatic heterocycles. The molecule has 9 nitrogen and oxygen atoms in total. The van der Waals surface area contributed by atoms with Crippen molar-refractivity contribution in [2.24, 2.45) is 11.0 Å². The van der Waals surface area contributed by atoms with Crippen LogP contribution in [0.4, 0.5) is 4.79 Å². The maximum Gasteiger partial charge on any atom is 0.407 e. The number of carbonyl (C=O) groups is 1. The summed E-state index contributed by atoms with van der Waals surface area (Å²) in [5, 5.41) is 6.33. The Morgan fingerprint density at radius 2 is 1.63 bits per heavy atom. The fraction of sp³-hybridized carbons (Fsp3) is 0.944. The molecule has 0 radical (unpaired) electrons. The molecule has 27 heavy (non-hydrogen) atoms. The van der Waals surface area contributed by atoms with E-state index < -0.39 is 5.60 Å². The number of hydrogen-bond acceptors (Lipinski definition) is 6. The SMILES string of the molecule is CC(C)(C)OC(=O)N[C@H]1CC[C@H](COCCOCCOCCN=[N+]=[N-])CC1. The third-order valence-corrected chi connectivity index (χ3v) is 4.06. The molecule has 0 saturated heterocycles. The molecule has 1 amide bonds. The number of hydrogen-bond donors (Lipinski definition) is 1. The predicted molar refractivity (Wildman–Crippen MR) is 102 cm³/mol. The molecule has 0 aromatic heterocycles. The van der Waals surface area contributed by atoms with Gasteiger partial charge in [-0.05, 0) is 57.9 Å². The van der Waals surface area contributed by atoms with E-state index in [0.717, 1.165) is 32.3 Å². The molecule has 0 spiro atoms. The van der Waals surface area contributed by atoms with Crippen molar-refractivity contribution < 1.29 is 23.7 Å². The van der Waals surface area contributed by atoms with Crippen molar-refractivity contribution in [2.45, 2.75) is 58.1 Å². The van der Waals surface area contributed by atoms with Crippen LogP contribution in [0.1, 0.15) is 46.5 Å². The quantitative estimate of drug-likeness (QED) is 0.239. The Kier molecular flexibility index (Phi) is 11.8. The van der Waals surface area contributed by atoms with Gasteiger partial charge in [0.1, 0.15) is 5.60 Å². The van der Waals surface area contributed by atoms with Crippen LogP contribution in [0.15, 0.2) is 5.11 Å². The van der Waals surface area contributed by atoms with E-state index in [9.17, 15) is 4.79 Å². The normalized spacial score (nSPS) is 20.0. The fourth-order valence-electron chi connectivity index (χ4n) is 2.79. The minimum Gasteiger partial charge on any atom is -0.444 e. The second kappa shape index (κ2) is 13.6. The van der Waals surface area contributed by atoms with Gasteiger partial charge >= 0.3 is 6.09 Å². The first kappa shape index (κ1) is 23.5. The summed E-state index contributed by atoms with van der Waals surface area (Å²) in [6.45, 7) is 9.16. The molecule has 0 aromatic carbocycles. The second-order valence-electron chi connectivity index (χ2n) is 7.62. The Balaban J connectivity index is 1.94. The molecule has 1 rings (SSSR count). The number of nitrogens with one attached hydrogen (secondary N) is 1. The molecule has 0 aromatic rings. The van der Waals surface area contributed by atoms with Crippen molar-refractivity contribution in [3.05, 3.63) is 10.4 Å². The predicted octanol–water partition coefficient (Wildman–Crippen LogP) is 3.43. The summed E-state index contributed by atoms with van der Waals surface area (Å²) >= 11 is 0. The molecule has 1 aliphatic rings. The van der Waals surface area contributed by atoms with E-state index in [1.807, 2.05) is 20.8 Å². The summed E-state index contributed by atoms with van der Waals surface area (Å²) in [5.41, 5.74) is 7.65. The standard InChI is InChI=1S/C18H34N4O5/c1-18(2,3)27-17(23)21-16-6-4-15(5-7-16)14-26-13-12-25-11-10-24-9-8-20-22-19/h15-16H,4-14H2,1-3H3,(H,21,23)/t15-,16-. The molecule has 0 atom stereocenters. The third-order valence-electron chi connectivity index (χ3n) is 4.06. The molecule has 0 bridgehead atoms. The van der Waals surface area contributed by atoms with E-state index in [2.05, 4.69) is 15.3 Å². The minimum absolute atomic E-state index is 0.193. The number of rotatable bonds is 12. The van der Waals surface area contributed by atoms with Gasteiger partial charge in [-0.2, -0.15) is 0 Å². The number of ether oxygens (including phenoxy) is 4. The summed E-state index contributed by atoms with van der Waals surface area (Å²) in [6.07, 6.45) is 3.66. The van der Waals surface area contributed by atoms with E-state index >= 15 is 0 Å². The number of azide groups is 1. The van der Waals surface area contributed by atoms with E-state index in [4.69, 9.17) is 24.5 Å². The topological polar surface area (TPSA) is 115 Å². The van der Waals surface area contributed by atoms with Crippen LogP contribution in [0.25, 0.3) is 10.4 Å². The summed E-state index contributed by atoms with van der Waals surface area (Å²) in [5.74, 6) is 0.533. The van der Waals surface area contributed by atoms with Crippen LogP contribution >= 0.6 is 0 Å². The zero-order valence-corrected chi connectivity index (χ0v) is 16.8. The van der Waals surface area contributed by atoms with Crippen LogP contribution in [0, 0.1) is 5.92 Å². The molecular weight excluding hydrogens is 352 g/mol. The molecule has 9 heteroatoms. The van der Waals surface area contributed by atoms with E-state index in [1.54, 1.807) is 0 Å². The fourth-order valence-corrected chi connectivity index (χ4v) is 2.79. The van der Waals surface area contributed by atoms with E-state index in [-0.39, 0.29) is 12.1 Å². The average Bonchev–Trinajstić information content (AvgIpc) is 2.59.